The molecule has 0 aliphatic rings. The molecule has 7 nitrogen and oxygen atoms in total. The molecule has 0 fully saturated rings. The quantitative estimate of drug-likeness (QED) is 0.155. The fourth-order valence-electron chi connectivity index (χ4n) is 3.17. The van der Waals surface area contributed by atoms with Crippen LogP contribution in [-0.2, 0) is 42.3 Å². The minimum Gasteiger partial charge on any atom is -0.741 e. The molecule has 0 saturated carbocycles. The van der Waals surface area contributed by atoms with Gasteiger partial charge in [-0.2, -0.15) is 10.2 Å². The molecule has 2 rings (SSSR count). The van der Waals surface area contributed by atoms with Crippen molar-refractivity contribution in [2.24, 2.45) is 20.4 Å². The van der Waals surface area contributed by atoms with Gasteiger partial charge in [0, 0.05) is 60.4 Å². The standard InChI is InChI=1S/C25H35N7S2.Cu/c1-6-31(7-2)24(33)29-27-22(19-13-11-10-12-14-19)23(20-15-17-21(26-5)18-16-20)28-30-25(34)32(8-3)9-4;/h10-18,26H,6-9H2,1-5H3,(H,29,33)(H,30,34);/q;+2/p-2. The van der Waals surface area contributed by atoms with E-state index in [0.717, 1.165) is 43.0 Å². The van der Waals surface area contributed by atoms with E-state index in [-0.39, 0.29) is 17.1 Å². The molecule has 0 aliphatic heterocycles. The van der Waals surface area contributed by atoms with Crippen molar-refractivity contribution in [1.82, 2.24) is 9.80 Å². The van der Waals surface area contributed by atoms with Gasteiger partial charge in [-0.25, -0.2) is 0 Å². The van der Waals surface area contributed by atoms with Crippen LogP contribution in [0.4, 0.5) is 5.69 Å². The van der Waals surface area contributed by atoms with Crippen LogP contribution in [0, 0.1) is 0 Å². The van der Waals surface area contributed by atoms with Gasteiger partial charge in [-0.05, 0) is 39.8 Å². The molecule has 191 valence electrons. The first kappa shape index (κ1) is 30.5. The Labute approximate surface area is 231 Å². The largest absolute Gasteiger partial charge is 2.00 e. The zero-order chi connectivity index (χ0) is 24.9. The average Bonchev–Trinajstić information content (AvgIpc) is 2.88. The van der Waals surface area contributed by atoms with Crippen molar-refractivity contribution >= 4 is 52.7 Å². The summed E-state index contributed by atoms with van der Waals surface area (Å²) in [6.07, 6.45) is 0. The number of nitrogens with zero attached hydrogens (tertiary/aromatic N) is 6. The summed E-state index contributed by atoms with van der Waals surface area (Å²) in [4.78, 5) is 3.94. The number of hydrogen-bond donors (Lipinski definition) is 1. The molecule has 0 atom stereocenters. The van der Waals surface area contributed by atoms with Gasteiger partial charge in [0.15, 0.2) is 0 Å². The van der Waals surface area contributed by atoms with Gasteiger partial charge in [-0.15, -0.1) is 10.2 Å². The molecule has 0 bridgehead atoms. The SMILES string of the molecule is CCN(CC)C([S-])=NN=C(C(=NN=C([S-])N(CC)CC)c1ccc(NC)cc1)c1ccccc1.[Cu+2]. The van der Waals surface area contributed by atoms with Crippen LogP contribution in [0.2, 0.25) is 0 Å². The average molecular weight is 559 g/mol. The maximum Gasteiger partial charge on any atom is 2.00 e. The van der Waals surface area contributed by atoms with Crippen molar-refractivity contribution in [2.45, 2.75) is 27.7 Å². The minimum atomic E-state index is 0. The van der Waals surface area contributed by atoms with Gasteiger partial charge in [-0.3, -0.25) is 0 Å². The molecule has 0 amide bonds. The van der Waals surface area contributed by atoms with Gasteiger partial charge < -0.3 is 40.4 Å². The van der Waals surface area contributed by atoms with Gasteiger partial charge in [-0.1, -0.05) is 42.5 Å². The second-order valence-electron chi connectivity index (χ2n) is 7.20. The zero-order valence-electron chi connectivity index (χ0n) is 20.8. The Hall–Kier alpha value is -2.52. The zero-order valence-corrected chi connectivity index (χ0v) is 23.4. The first-order valence-corrected chi connectivity index (χ1v) is 12.3. The second kappa shape index (κ2) is 16.2. The second-order valence-corrected chi connectivity index (χ2v) is 7.93. The van der Waals surface area contributed by atoms with Crippen molar-refractivity contribution in [3.8, 4) is 0 Å². The van der Waals surface area contributed by atoms with Crippen LogP contribution in [0.25, 0.3) is 0 Å². The van der Waals surface area contributed by atoms with Gasteiger partial charge in [0.25, 0.3) is 0 Å². The number of hydrogen-bond acceptors (Lipinski definition) is 7. The summed E-state index contributed by atoms with van der Waals surface area (Å²) >= 11 is 11.0. The Balaban J connectivity index is 0.00000612. The first-order valence-electron chi connectivity index (χ1n) is 11.5. The monoisotopic (exact) mass is 558 g/mol. The summed E-state index contributed by atoms with van der Waals surface area (Å²) in [6.45, 7) is 11.2. The van der Waals surface area contributed by atoms with E-state index in [1.807, 2.05) is 99.1 Å². The predicted octanol–water partition coefficient (Wildman–Crippen LogP) is 4.32. The molecule has 0 spiro atoms. The molecular formula is C25H33CuN7S2. The number of rotatable bonds is 10. The van der Waals surface area contributed by atoms with Crippen molar-refractivity contribution < 1.29 is 17.1 Å². The molecule has 35 heavy (non-hydrogen) atoms. The molecule has 1 radical (unpaired) electrons. The third kappa shape index (κ3) is 8.89. The third-order valence-corrected chi connectivity index (χ3v) is 5.94. The number of nitrogens with one attached hydrogen (secondary N) is 1. The number of benzene rings is 2. The Morgan fingerprint density at radius 3 is 1.43 bits per heavy atom. The van der Waals surface area contributed by atoms with E-state index in [4.69, 9.17) is 25.3 Å². The van der Waals surface area contributed by atoms with Crippen LogP contribution < -0.4 is 5.32 Å². The van der Waals surface area contributed by atoms with E-state index >= 15 is 0 Å². The Kier molecular flexibility index (Phi) is 14.1. The van der Waals surface area contributed by atoms with Gasteiger partial charge >= 0.3 is 17.1 Å². The van der Waals surface area contributed by atoms with E-state index in [0.29, 0.717) is 21.8 Å². The predicted molar refractivity (Wildman–Crippen MR) is 151 cm³/mol. The van der Waals surface area contributed by atoms with Crippen molar-refractivity contribution in [1.29, 1.82) is 0 Å². The topological polar surface area (TPSA) is 68.0 Å². The van der Waals surface area contributed by atoms with Crippen molar-refractivity contribution in [3.05, 3.63) is 65.7 Å². The number of amidine groups is 2. The van der Waals surface area contributed by atoms with Crippen molar-refractivity contribution in [3.63, 3.8) is 0 Å². The molecule has 0 heterocycles. The fraction of sp³-hybridized carbons (Fsp3) is 0.360. The molecule has 2 aromatic carbocycles. The van der Waals surface area contributed by atoms with E-state index in [1.165, 1.54) is 0 Å². The molecule has 0 aromatic heterocycles. The third-order valence-electron chi connectivity index (χ3n) is 5.26. The molecule has 2 aromatic rings. The van der Waals surface area contributed by atoms with Crippen LogP contribution in [0.3, 0.4) is 0 Å². The Morgan fingerprint density at radius 2 is 1.06 bits per heavy atom. The summed E-state index contributed by atoms with van der Waals surface area (Å²) in [5, 5.41) is 22.0. The van der Waals surface area contributed by atoms with Gasteiger partial charge in [0.05, 0.1) is 0 Å². The van der Waals surface area contributed by atoms with E-state index < -0.39 is 0 Å². The summed E-state index contributed by atoms with van der Waals surface area (Å²) in [5.41, 5.74) is 3.82. The molecule has 0 aliphatic carbocycles. The van der Waals surface area contributed by atoms with E-state index in [9.17, 15) is 0 Å². The maximum absolute atomic E-state index is 5.51. The van der Waals surface area contributed by atoms with Gasteiger partial charge in [0.1, 0.15) is 11.4 Å². The van der Waals surface area contributed by atoms with Crippen LogP contribution in [0.1, 0.15) is 38.8 Å². The maximum atomic E-state index is 5.51. The number of anilines is 1. The summed E-state index contributed by atoms with van der Waals surface area (Å²) in [7, 11) is 1.88. The summed E-state index contributed by atoms with van der Waals surface area (Å²) < 4.78 is 0. The fourth-order valence-corrected chi connectivity index (χ4v) is 3.77. The van der Waals surface area contributed by atoms with Gasteiger partial charge in [0.2, 0.25) is 0 Å². The smallest absolute Gasteiger partial charge is 0.741 e. The van der Waals surface area contributed by atoms with Crippen LogP contribution in [-0.4, -0.2) is 64.8 Å². The molecule has 0 saturated heterocycles. The summed E-state index contributed by atoms with van der Waals surface area (Å²) in [5.74, 6) is 0. The minimum absolute atomic E-state index is 0. The van der Waals surface area contributed by atoms with E-state index in [2.05, 4.69) is 25.7 Å². The molecule has 0 unspecified atom stereocenters. The first-order chi connectivity index (χ1) is 16.5. The normalized spacial score (nSPS) is 12.7. The Morgan fingerprint density at radius 1 is 0.657 bits per heavy atom. The molecule has 10 heteroatoms. The van der Waals surface area contributed by atoms with Crippen molar-refractivity contribution in [2.75, 3.05) is 38.5 Å². The molecular weight excluding hydrogens is 526 g/mol. The van der Waals surface area contributed by atoms with Crippen LogP contribution in [0.5, 0.6) is 0 Å². The van der Waals surface area contributed by atoms with Crippen LogP contribution >= 0.6 is 0 Å². The van der Waals surface area contributed by atoms with Crippen LogP contribution in [0.15, 0.2) is 75.0 Å². The Bertz CT molecular complexity index is 1010. The summed E-state index contributed by atoms with van der Waals surface area (Å²) in [6, 6.07) is 17.7. The molecule has 1 N–H and O–H groups in total. The van der Waals surface area contributed by atoms with E-state index in [1.54, 1.807) is 0 Å².